The van der Waals surface area contributed by atoms with Crippen molar-refractivity contribution in [3.8, 4) is 5.75 Å². The molecule has 3 rings (SSSR count). The molecule has 1 fully saturated rings. The van der Waals surface area contributed by atoms with E-state index in [-0.39, 0.29) is 17.1 Å². The molecule has 5 heteroatoms. The van der Waals surface area contributed by atoms with Crippen molar-refractivity contribution in [1.29, 1.82) is 0 Å². The van der Waals surface area contributed by atoms with Gasteiger partial charge >= 0.3 is 0 Å². The maximum absolute atomic E-state index is 11.8. The first kappa shape index (κ1) is 15.2. The van der Waals surface area contributed by atoms with Crippen LogP contribution in [0.25, 0.3) is 10.8 Å². The minimum absolute atomic E-state index is 0.0345. The lowest BCUT2D eigenvalue weighted by Gasteiger charge is -2.34. The zero-order valence-electron chi connectivity index (χ0n) is 13.0. The van der Waals surface area contributed by atoms with Gasteiger partial charge in [0.2, 0.25) is 0 Å². The van der Waals surface area contributed by atoms with Crippen LogP contribution in [-0.4, -0.2) is 32.6 Å². The van der Waals surface area contributed by atoms with E-state index in [4.69, 9.17) is 4.74 Å². The number of pyridine rings is 1. The van der Waals surface area contributed by atoms with Crippen LogP contribution >= 0.6 is 0 Å². The molecule has 22 heavy (non-hydrogen) atoms. The summed E-state index contributed by atoms with van der Waals surface area (Å²) in [5, 5.41) is 1.99. The Hall–Kier alpha value is -1.75. The first-order valence-corrected chi connectivity index (χ1v) is 8.97. The average molecular weight is 317 g/mol. The lowest BCUT2D eigenvalue weighted by Crippen LogP contribution is -2.40. The van der Waals surface area contributed by atoms with Crippen LogP contribution < -0.4 is 4.74 Å². The molecule has 0 spiro atoms. The summed E-state index contributed by atoms with van der Waals surface area (Å²) in [5.74, 6) is 0.782. The van der Waals surface area contributed by atoms with Crippen LogP contribution in [-0.2, 0) is 10.8 Å². The molecular formula is C17H19NO3S. The van der Waals surface area contributed by atoms with Crippen LogP contribution in [0.3, 0.4) is 0 Å². The molecule has 0 bridgehead atoms. The first-order chi connectivity index (χ1) is 10.5. The summed E-state index contributed by atoms with van der Waals surface area (Å²) in [5.41, 5.74) is 1.56. The van der Waals surface area contributed by atoms with E-state index in [9.17, 15) is 9.00 Å². The van der Waals surface area contributed by atoms with Gasteiger partial charge in [-0.05, 0) is 50.3 Å². The minimum atomic E-state index is -0.779. The van der Waals surface area contributed by atoms with Gasteiger partial charge in [-0.3, -0.25) is 14.0 Å². The van der Waals surface area contributed by atoms with Crippen molar-refractivity contribution in [3.63, 3.8) is 0 Å². The molecule has 0 radical (unpaired) electrons. The van der Waals surface area contributed by atoms with E-state index in [1.807, 2.05) is 25.1 Å². The number of carbonyl (C=O) groups is 1. The largest absolute Gasteiger partial charge is 0.490 e. The number of fused-ring (bicyclic) bond motifs is 1. The van der Waals surface area contributed by atoms with Gasteiger partial charge in [0.25, 0.3) is 0 Å². The van der Waals surface area contributed by atoms with Crippen molar-refractivity contribution >= 4 is 27.4 Å². The SMILES string of the molecule is CC(=O)c1ccc(OC2CC(S(C)=O)C2)c2cnc(C)cc12. The number of nitrogens with zero attached hydrogens (tertiary/aromatic N) is 1. The summed E-state index contributed by atoms with van der Waals surface area (Å²) < 4.78 is 17.4. The van der Waals surface area contributed by atoms with Gasteiger partial charge in [0.05, 0.1) is 0 Å². The highest BCUT2D eigenvalue weighted by atomic mass is 32.2. The molecule has 1 unspecified atom stereocenters. The number of rotatable bonds is 4. The van der Waals surface area contributed by atoms with Gasteiger partial charge in [-0.25, -0.2) is 0 Å². The second-order valence-electron chi connectivity index (χ2n) is 5.87. The highest BCUT2D eigenvalue weighted by molar-refractivity contribution is 7.84. The third-order valence-corrected chi connectivity index (χ3v) is 5.52. The normalized spacial score (nSPS) is 22.1. The molecule has 0 N–H and O–H groups in total. The fraction of sp³-hybridized carbons (Fsp3) is 0.412. The lowest BCUT2D eigenvalue weighted by molar-refractivity contribution is 0.101. The Morgan fingerprint density at radius 1 is 1.32 bits per heavy atom. The predicted octanol–water partition coefficient (Wildman–Crippen LogP) is 3.03. The fourth-order valence-electron chi connectivity index (χ4n) is 2.79. The molecule has 1 aliphatic carbocycles. The zero-order valence-corrected chi connectivity index (χ0v) is 13.8. The molecule has 1 heterocycles. The van der Waals surface area contributed by atoms with E-state index in [1.54, 1.807) is 19.4 Å². The topological polar surface area (TPSA) is 56.3 Å². The van der Waals surface area contributed by atoms with Crippen LogP contribution in [0.5, 0.6) is 5.75 Å². The molecule has 2 aromatic rings. The summed E-state index contributed by atoms with van der Waals surface area (Å²) in [6.45, 7) is 3.47. The second-order valence-corrected chi connectivity index (χ2v) is 7.53. The Balaban J connectivity index is 1.93. The van der Waals surface area contributed by atoms with Gasteiger partial charge in [-0.1, -0.05) is 0 Å². The van der Waals surface area contributed by atoms with Crippen LogP contribution in [0, 0.1) is 6.92 Å². The van der Waals surface area contributed by atoms with Gasteiger partial charge in [-0.2, -0.15) is 0 Å². The number of aryl methyl sites for hydroxylation is 1. The van der Waals surface area contributed by atoms with E-state index in [0.29, 0.717) is 5.56 Å². The predicted molar refractivity (Wildman–Crippen MR) is 88.0 cm³/mol. The van der Waals surface area contributed by atoms with Crippen LogP contribution in [0.15, 0.2) is 24.4 Å². The highest BCUT2D eigenvalue weighted by Gasteiger charge is 2.33. The van der Waals surface area contributed by atoms with Crippen molar-refractivity contribution in [2.45, 2.75) is 38.0 Å². The van der Waals surface area contributed by atoms with E-state index in [0.717, 1.165) is 35.1 Å². The number of benzene rings is 1. The first-order valence-electron chi connectivity index (χ1n) is 7.35. The number of hydrogen-bond donors (Lipinski definition) is 0. The number of aromatic nitrogens is 1. The van der Waals surface area contributed by atoms with Gasteiger partial charge in [0, 0.05) is 45.1 Å². The molecule has 0 aliphatic heterocycles. The molecule has 1 saturated carbocycles. The number of ketones is 1. The monoisotopic (exact) mass is 317 g/mol. The summed E-state index contributed by atoms with van der Waals surface area (Å²) in [7, 11) is -0.779. The van der Waals surface area contributed by atoms with Gasteiger partial charge in [-0.15, -0.1) is 0 Å². The zero-order chi connectivity index (χ0) is 15.9. The maximum atomic E-state index is 11.8. The highest BCUT2D eigenvalue weighted by Crippen LogP contribution is 2.34. The van der Waals surface area contributed by atoms with Gasteiger partial charge in [0.15, 0.2) is 5.78 Å². The number of carbonyl (C=O) groups excluding carboxylic acids is 1. The molecular weight excluding hydrogens is 298 g/mol. The standard InChI is InChI=1S/C17H19NO3S/c1-10-6-15-14(11(2)19)4-5-17(16(15)9-18-10)21-12-7-13(8-12)22(3)20/h4-6,9,12-13H,7-8H2,1-3H3. The second kappa shape index (κ2) is 5.80. The third kappa shape index (κ3) is 2.77. The van der Waals surface area contributed by atoms with Crippen molar-refractivity contribution in [3.05, 3.63) is 35.7 Å². The number of ether oxygens (including phenoxy) is 1. The molecule has 1 aliphatic rings. The van der Waals surface area contributed by atoms with Crippen molar-refractivity contribution in [1.82, 2.24) is 4.98 Å². The molecule has 116 valence electrons. The lowest BCUT2D eigenvalue weighted by atomic mass is 9.95. The van der Waals surface area contributed by atoms with Crippen molar-refractivity contribution in [2.75, 3.05) is 6.26 Å². The Kier molecular flexibility index (Phi) is 4.00. The summed E-state index contributed by atoms with van der Waals surface area (Å²) >= 11 is 0. The molecule has 1 atom stereocenters. The molecule has 1 aromatic carbocycles. The number of hydrogen-bond acceptors (Lipinski definition) is 4. The van der Waals surface area contributed by atoms with E-state index >= 15 is 0 Å². The van der Waals surface area contributed by atoms with Crippen LogP contribution in [0.4, 0.5) is 0 Å². The maximum Gasteiger partial charge on any atom is 0.160 e. The smallest absolute Gasteiger partial charge is 0.160 e. The summed E-state index contributed by atoms with van der Waals surface area (Å²) in [6, 6.07) is 5.57. The van der Waals surface area contributed by atoms with Gasteiger partial charge < -0.3 is 4.74 Å². The Labute approximate surface area is 132 Å². The Morgan fingerprint density at radius 3 is 2.68 bits per heavy atom. The number of Topliss-reactive ketones (excluding diaryl/α,β-unsaturated/α-hetero) is 1. The summed E-state index contributed by atoms with van der Waals surface area (Å²) in [6.07, 6.45) is 5.24. The van der Waals surface area contributed by atoms with E-state index in [1.165, 1.54) is 0 Å². The quantitative estimate of drug-likeness (QED) is 0.813. The van der Waals surface area contributed by atoms with E-state index < -0.39 is 10.8 Å². The van der Waals surface area contributed by atoms with Crippen LogP contribution in [0.2, 0.25) is 0 Å². The van der Waals surface area contributed by atoms with Crippen LogP contribution in [0.1, 0.15) is 35.8 Å². The molecule has 4 nitrogen and oxygen atoms in total. The molecule has 0 saturated heterocycles. The third-order valence-electron chi connectivity index (χ3n) is 4.19. The molecule has 0 amide bonds. The Bertz CT molecular complexity index is 766. The minimum Gasteiger partial charge on any atom is -0.490 e. The van der Waals surface area contributed by atoms with Gasteiger partial charge in [0.1, 0.15) is 11.9 Å². The average Bonchev–Trinajstić information content (AvgIpc) is 2.40. The summed E-state index contributed by atoms with van der Waals surface area (Å²) in [4.78, 5) is 16.1. The van der Waals surface area contributed by atoms with Crippen molar-refractivity contribution in [2.24, 2.45) is 0 Å². The van der Waals surface area contributed by atoms with E-state index in [2.05, 4.69) is 4.98 Å². The molecule has 1 aromatic heterocycles. The van der Waals surface area contributed by atoms with Crippen molar-refractivity contribution < 1.29 is 13.7 Å². The Morgan fingerprint density at radius 2 is 2.05 bits per heavy atom. The fourth-order valence-corrected chi connectivity index (χ4v) is 3.76.